The van der Waals surface area contributed by atoms with Crippen molar-refractivity contribution in [1.82, 2.24) is 5.32 Å². The molecule has 2 aliphatic carbocycles. The number of halogens is 1. The molecule has 104 valence electrons. The van der Waals surface area contributed by atoms with Crippen LogP contribution in [0.2, 0.25) is 5.02 Å². The average Bonchev–Trinajstić information content (AvgIpc) is 2.78. The third kappa shape index (κ3) is 3.14. The zero-order valence-electron chi connectivity index (χ0n) is 11.8. The molecular formula is C17H24ClN. The van der Waals surface area contributed by atoms with E-state index in [1.165, 1.54) is 56.2 Å². The Kier molecular flexibility index (Phi) is 4.14. The molecule has 1 nitrogen and oxygen atoms in total. The first-order chi connectivity index (χ1) is 9.22. The van der Waals surface area contributed by atoms with Gasteiger partial charge >= 0.3 is 0 Å². The molecule has 1 N–H and O–H groups in total. The van der Waals surface area contributed by atoms with Crippen LogP contribution in [0.3, 0.4) is 0 Å². The molecule has 19 heavy (non-hydrogen) atoms. The van der Waals surface area contributed by atoms with Gasteiger partial charge in [-0.05, 0) is 67.3 Å². The SMILES string of the molecule is CC1CCCC(CNC2CCc3cc(Cl)ccc32)C1. The van der Waals surface area contributed by atoms with Crippen molar-refractivity contribution >= 4 is 11.6 Å². The van der Waals surface area contributed by atoms with E-state index in [1.807, 2.05) is 6.07 Å². The van der Waals surface area contributed by atoms with Crippen LogP contribution >= 0.6 is 11.6 Å². The first kappa shape index (κ1) is 13.5. The average molecular weight is 278 g/mol. The van der Waals surface area contributed by atoms with Crippen LogP contribution in [0, 0.1) is 11.8 Å². The Morgan fingerprint density at radius 1 is 1.26 bits per heavy atom. The lowest BCUT2D eigenvalue weighted by Gasteiger charge is -2.28. The fourth-order valence-corrected chi connectivity index (χ4v) is 4.05. The van der Waals surface area contributed by atoms with E-state index in [2.05, 4.69) is 24.4 Å². The molecule has 2 heteroatoms. The summed E-state index contributed by atoms with van der Waals surface area (Å²) in [5.74, 6) is 1.82. The summed E-state index contributed by atoms with van der Waals surface area (Å²) in [6.07, 6.45) is 8.09. The molecule has 1 aromatic carbocycles. The van der Waals surface area contributed by atoms with Crippen LogP contribution in [0.4, 0.5) is 0 Å². The summed E-state index contributed by atoms with van der Waals surface area (Å²) in [5, 5.41) is 4.68. The highest BCUT2D eigenvalue weighted by atomic mass is 35.5. The van der Waals surface area contributed by atoms with E-state index in [9.17, 15) is 0 Å². The number of benzene rings is 1. The Morgan fingerprint density at radius 2 is 2.16 bits per heavy atom. The molecule has 1 fully saturated rings. The minimum absolute atomic E-state index is 0.560. The minimum Gasteiger partial charge on any atom is -0.310 e. The monoisotopic (exact) mass is 277 g/mol. The number of fused-ring (bicyclic) bond motifs is 1. The third-order valence-corrected chi connectivity index (χ3v) is 5.12. The van der Waals surface area contributed by atoms with Gasteiger partial charge in [0.25, 0.3) is 0 Å². The lowest BCUT2D eigenvalue weighted by Crippen LogP contribution is -2.29. The van der Waals surface area contributed by atoms with Gasteiger partial charge in [-0.1, -0.05) is 37.4 Å². The van der Waals surface area contributed by atoms with E-state index in [0.717, 1.165) is 16.9 Å². The highest BCUT2D eigenvalue weighted by Gasteiger charge is 2.24. The molecule has 0 bridgehead atoms. The van der Waals surface area contributed by atoms with Gasteiger partial charge in [0.15, 0.2) is 0 Å². The molecule has 0 radical (unpaired) electrons. The summed E-state index contributed by atoms with van der Waals surface area (Å²) in [6, 6.07) is 6.94. The van der Waals surface area contributed by atoms with Crippen LogP contribution in [0.15, 0.2) is 18.2 Å². The summed E-state index contributed by atoms with van der Waals surface area (Å²) in [6.45, 7) is 3.59. The quantitative estimate of drug-likeness (QED) is 0.841. The summed E-state index contributed by atoms with van der Waals surface area (Å²) in [4.78, 5) is 0. The van der Waals surface area contributed by atoms with Crippen LogP contribution in [0.5, 0.6) is 0 Å². The van der Waals surface area contributed by atoms with Gasteiger partial charge in [0.05, 0.1) is 0 Å². The molecule has 0 spiro atoms. The number of aryl methyl sites for hydroxylation is 1. The van der Waals surface area contributed by atoms with Crippen LogP contribution in [-0.2, 0) is 6.42 Å². The normalized spacial score (nSPS) is 30.3. The molecular weight excluding hydrogens is 254 g/mol. The standard InChI is InChI=1S/C17H24ClN/c1-12-3-2-4-13(9-12)11-19-17-8-5-14-10-15(18)6-7-16(14)17/h6-7,10,12-13,17,19H,2-5,8-9,11H2,1H3. The Bertz CT molecular complexity index is 443. The van der Waals surface area contributed by atoms with Crippen molar-refractivity contribution < 1.29 is 0 Å². The number of nitrogens with one attached hydrogen (secondary N) is 1. The van der Waals surface area contributed by atoms with Crippen molar-refractivity contribution in [2.24, 2.45) is 11.8 Å². The second-order valence-corrected chi connectivity index (χ2v) is 6.92. The zero-order chi connectivity index (χ0) is 13.2. The number of hydrogen-bond acceptors (Lipinski definition) is 1. The molecule has 3 rings (SSSR count). The Labute approximate surface area is 121 Å². The summed E-state index contributed by atoms with van der Waals surface area (Å²) in [7, 11) is 0. The fourth-order valence-electron chi connectivity index (χ4n) is 3.85. The number of hydrogen-bond donors (Lipinski definition) is 1. The van der Waals surface area contributed by atoms with Crippen molar-refractivity contribution in [2.45, 2.75) is 51.5 Å². The van der Waals surface area contributed by atoms with E-state index in [1.54, 1.807) is 0 Å². The molecule has 0 heterocycles. The van der Waals surface area contributed by atoms with E-state index >= 15 is 0 Å². The van der Waals surface area contributed by atoms with Crippen molar-refractivity contribution in [3.63, 3.8) is 0 Å². The van der Waals surface area contributed by atoms with Crippen molar-refractivity contribution in [3.05, 3.63) is 34.3 Å². The molecule has 0 aromatic heterocycles. The van der Waals surface area contributed by atoms with Gasteiger partial charge in [-0.25, -0.2) is 0 Å². The molecule has 2 aliphatic rings. The number of rotatable bonds is 3. The van der Waals surface area contributed by atoms with Crippen molar-refractivity contribution in [1.29, 1.82) is 0 Å². The van der Waals surface area contributed by atoms with Gasteiger partial charge in [-0.15, -0.1) is 0 Å². The van der Waals surface area contributed by atoms with Gasteiger partial charge in [0.2, 0.25) is 0 Å². The summed E-state index contributed by atoms with van der Waals surface area (Å²) in [5.41, 5.74) is 2.93. The van der Waals surface area contributed by atoms with E-state index < -0.39 is 0 Å². The lowest BCUT2D eigenvalue weighted by molar-refractivity contribution is 0.266. The molecule has 1 aromatic rings. The summed E-state index contributed by atoms with van der Waals surface area (Å²) >= 11 is 6.07. The zero-order valence-corrected chi connectivity index (χ0v) is 12.5. The second kappa shape index (κ2) is 5.85. The predicted molar refractivity (Wildman–Crippen MR) is 81.6 cm³/mol. The van der Waals surface area contributed by atoms with Crippen LogP contribution in [0.1, 0.15) is 56.2 Å². The first-order valence-electron chi connectivity index (χ1n) is 7.74. The maximum Gasteiger partial charge on any atom is 0.0408 e. The smallest absolute Gasteiger partial charge is 0.0408 e. The molecule has 3 unspecified atom stereocenters. The lowest BCUT2D eigenvalue weighted by atomic mass is 9.82. The molecule has 0 saturated heterocycles. The van der Waals surface area contributed by atoms with Gasteiger partial charge in [0, 0.05) is 11.1 Å². The maximum absolute atomic E-state index is 6.07. The highest BCUT2D eigenvalue weighted by molar-refractivity contribution is 6.30. The largest absolute Gasteiger partial charge is 0.310 e. The van der Waals surface area contributed by atoms with Crippen molar-refractivity contribution in [3.8, 4) is 0 Å². The Balaban J connectivity index is 1.57. The van der Waals surface area contributed by atoms with Gasteiger partial charge in [-0.2, -0.15) is 0 Å². The van der Waals surface area contributed by atoms with Gasteiger partial charge in [0.1, 0.15) is 0 Å². The second-order valence-electron chi connectivity index (χ2n) is 6.48. The van der Waals surface area contributed by atoms with E-state index in [0.29, 0.717) is 6.04 Å². The Morgan fingerprint density at radius 3 is 3.00 bits per heavy atom. The molecule has 1 saturated carbocycles. The highest BCUT2D eigenvalue weighted by Crippen LogP contribution is 2.34. The molecule has 0 aliphatic heterocycles. The maximum atomic E-state index is 6.07. The van der Waals surface area contributed by atoms with E-state index in [4.69, 9.17) is 11.6 Å². The Hall–Kier alpha value is -0.530. The molecule has 3 atom stereocenters. The predicted octanol–water partition coefficient (Wildman–Crippen LogP) is 4.74. The minimum atomic E-state index is 0.560. The first-order valence-corrected chi connectivity index (χ1v) is 8.12. The fraction of sp³-hybridized carbons (Fsp3) is 0.647. The van der Waals surface area contributed by atoms with Crippen LogP contribution < -0.4 is 5.32 Å². The topological polar surface area (TPSA) is 12.0 Å². The van der Waals surface area contributed by atoms with Crippen LogP contribution in [0.25, 0.3) is 0 Å². The van der Waals surface area contributed by atoms with Crippen LogP contribution in [-0.4, -0.2) is 6.54 Å². The van der Waals surface area contributed by atoms with Gasteiger partial charge in [-0.3, -0.25) is 0 Å². The van der Waals surface area contributed by atoms with Crippen molar-refractivity contribution in [2.75, 3.05) is 6.54 Å². The van der Waals surface area contributed by atoms with E-state index in [-0.39, 0.29) is 0 Å². The summed E-state index contributed by atoms with van der Waals surface area (Å²) < 4.78 is 0. The third-order valence-electron chi connectivity index (χ3n) is 4.88. The van der Waals surface area contributed by atoms with Gasteiger partial charge < -0.3 is 5.32 Å². The molecule has 0 amide bonds.